The molecular formula is C24H25BrN2. The van der Waals surface area contributed by atoms with Gasteiger partial charge >= 0.3 is 0 Å². The second kappa shape index (κ2) is 8.39. The predicted octanol–water partition coefficient (Wildman–Crippen LogP) is 4.99. The van der Waals surface area contributed by atoms with Gasteiger partial charge in [-0.15, -0.1) is 0 Å². The average Bonchev–Trinajstić information content (AvgIpc) is 2.72. The fourth-order valence-electron chi connectivity index (χ4n) is 4.12. The molecule has 1 aliphatic heterocycles. The highest BCUT2D eigenvalue weighted by Crippen LogP contribution is 2.35. The van der Waals surface area contributed by atoms with Crippen LogP contribution in [0.5, 0.6) is 0 Å². The van der Waals surface area contributed by atoms with E-state index in [9.17, 15) is 0 Å². The van der Waals surface area contributed by atoms with Gasteiger partial charge in [-0.25, -0.2) is 0 Å². The van der Waals surface area contributed by atoms with Crippen molar-refractivity contribution in [1.29, 1.82) is 0 Å². The lowest BCUT2D eigenvalue weighted by Crippen LogP contribution is -2.59. The fourth-order valence-corrected chi connectivity index (χ4v) is 4.39. The molecule has 0 radical (unpaired) electrons. The van der Waals surface area contributed by atoms with Gasteiger partial charge in [0, 0.05) is 30.7 Å². The van der Waals surface area contributed by atoms with E-state index in [1.807, 2.05) is 0 Å². The van der Waals surface area contributed by atoms with E-state index in [-0.39, 0.29) is 5.54 Å². The van der Waals surface area contributed by atoms with Crippen LogP contribution in [0.3, 0.4) is 0 Å². The molecule has 3 aromatic carbocycles. The number of hydrogen-bond acceptors (Lipinski definition) is 2. The van der Waals surface area contributed by atoms with Gasteiger partial charge in [-0.1, -0.05) is 88.7 Å². The van der Waals surface area contributed by atoms with Crippen molar-refractivity contribution in [3.8, 4) is 0 Å². The Labute approximate surface area is 170 Å². The van der Waals surface area contributed by atoms with Crippen molar-refractivity contribution < 1.29 is 0 Å². The van der Waals surface area contributed by atoms with Crippen molar-refractivity contribution in [2.45, 2.75) is 18.5 Å². The van der Waals surface area contributed by atoms with Crippen LogP contribution in [-0.4, -0.2) is 24.5 Å². The molecule has 3 heteroatoms. The van der Waals surface area contributed by atoms with Crippen LogP contribution in [0.2, 0.25) is 0 Å². The molecule has 1 fully saturated rings. The third kappa shape index (κ3) is 4.16. The highest BCUT2D eigenvalue weighted by molar-refractivity contribution is 9.10. The summed E-state index contributed by atoms with van der Waals surface area (Å²) >= 11 is 3.59. The van der Waals surface area contributed by atoms with Crippen molar-refractivity contribution in [2.24, 2.45) is 0 Å². The van der Waals surface area contributed by atoms with Gasteiger partial charge in [0.1, 0.15) is 0 Å². The summed E-state index contributed by atoms with van der Waals surface area (Å²) in [6, 6.07) is 30.6. The zero-order valence-corrected chi connectivity index (χ0v) is 17.0. The molecule has 138 valence electrons. The number of halogens is 1. The zero-order chi connectivity index (χ0) is 18.5. The largest absolute Gasteiger partial charge is 0.313 e. The maximum atomic E-state index is 3.67. The van der Waals surface area contributed by atoms with Gasteiger partial charge in [0.25, 0.3) is 0 Å². The molecule has 0 aliphatic carbocycles. The SMILES string of the molecule is Brc1ccc(C2(Cc3ccccc3)CNCCN2Cc2ccccc2)cc1. The fraction of sp³-hybridized carbons (Fsp3) is 0.250. The standard InChI is InChI=1S/C24H25BrN2/c25-23-13-11-22(12-14-23)24(17-20-7-3-1-4-8-20)19-26-15-16-27(24)18-21-9-5-2-6-10-21/h1-14,26H,15-19H2. The van der Waals surface area contributed by atoms with Gasteiger partial charge in [0.15, 0.2) is 0 Å². The molecule has 1 unspecified atom stereocenters. The van der Waals surface area contributed by atoms with Crippen LogP contribution in [0.4, 0.5) is 0 Å². The summed E-state index contributed by atoms with van der Waals surface area (Å²) in [4.78, 5) is 2.66. The van der Waals surface area contributed by atoms with Crippen molar-refractivity contribution in [1.82, 2.24) is 10.2 Å². The van der Waals surface area contributed by atoms with Gasteiger partial charge in [-0.05, 0) is 35.2 Å². The number of rotatable bonds is 5. The lowest BCUT2D eigenvalue weighted by atomic mass is 9.80. The van der Waals surface area contributed by atoms with Crippen molar-refractivity contribution in [2.75, 3.05) is 19.6 Å². The van der Waals surface area contributed by atoms with Gasteiger partial charge in [-0.3, -0.25) is 4.90 Å². The first-order valence-electron chi connectivity index (χ1n) is 9.56. The summed E-state index contributed by atoms with van der Waals surface area (Å²) in [5.41, 5.74) is 4.06. The Kier molecular flexibility index (Phi) is 5.72. The molecule has 2 nitrogen and oxygen atoms in total. The van der Waals surface area contributed by atoms with Crippen molar-refractivity contribution >= 4 is 15.9 Å². The topological polar surface area (TPSA) is 15.3 Å². The third-order valence-electron chi connectivity index (χ3n) is 5.52. The quantitative estimate of drug-likeness (QED) is 0.624. The van der Waals surface area contributed by atoms with Crippen LogP contribution in [0, 0.1) is 0 Å². The van der Waals surface area contributed by atoms with Gasteiger partial charge in [0.05, 0.1) is 5.54 Å². The maximum Gasteiger partial charge on any atom is 0.0630 e. The summed E-state index contributed by atoms with van der Waals surface area (Å²) in [5.74, 6) is 0. The van der Waals surface area contributed by atoms with E-state index in [4.69, 9.17) is 0 Å². The van der Waals surface area contributed by atoms with Crippen LogP contribution < -0.4 is 5.32 Å². The molecule has 0 bridgehead atoms. The Morgan fingerprint density at radius 1 is 0.815 bits per heavy atom. The molecule has 1 atom stereocenters. The number of nitrogens with one attached hydrogen (secondary N) is 1. The Hall–Kier alpha value is -1.94. The molecule has 0 saturated carbocycles. The summed E-state index contributed by atoms with van der Waals surface area (Å²) < 4.78 is 1.12. The van der Waals surface area contributed by atoms with Gasteiger partial charge in [0.2, 0.25) is 0 Å². The molecule has 0 aromatic heterocycles. The van der Waals surface area contributed by atoms with E-state index in [2.05, 4.69) is 111 Å². The van der Waals surface area contributed by atoms with Gasteiger partial charge < -0.3 is 5.32 Å². The minimum absolute atomic E-state index is 0.0594. The van der Waals surface area contributed by atoms with E-state index < -0.39 is 0 Å². The molecule has 27 heavy (non-hydrogen) atoms. The molecule has 1 aliphatic rings. The molecule has 4 rings (SSSR count). The monoisotopic (exact) mass is 420 g/mol. The first-order valence-corrected chi connectivity index (χ1v) is 10.4. The zero-order valence-electron chi connectivity index (χ0n) is 15.4. The Morgan fingerprint density at radius 2 is 1.44 bits per heavy atom. The molecular weight excluding hydrogens is 396 g/mol. The predicted molar refractivity (Wildman–Crippen MR) is 116 cm³/mol. The number of hydrogen-bond donors (Lipinski definition) is 1. The summed E-state index contributed by atoms with van der Waals surface area (Å²) in [6.07, 6.45) is 0.995. The Morgan fingerprint density at radius 3 is 2.11 bits per heavy atom. The smallest absolute Gasteiger partial charge is 0.0630 e. The van der Waals surface area contributed by atoms with Crippen molar-refractivity contribution in [3.63, 3.8) is 0 Å². The maximum absolute atomic E-state index is 3.67. The van der Waals surface area contributed by atoms with E-state index in [0.717, 1.165) is 37.1 Å². The van der Waals surface area contributed by atoms with Crippen LogP contribution in [0.25, 0.3) is 0 Å². The molecule has 1 N–H and O–H groups in total. The Bertz CT molecular complexity index is 849. The Balaban J connectivity index is 1.75. The normalized spacial score (nSPS) is 20.5. The van der Waals surface area contributed by atoms with Crippen LogP contribution in [0.15, 0.2) is 89.4 Å². The average molecular weight is 421 g/mol. The highest BCUT2D eigenvalue weighted by atomic mass is 79.9. The first kappa shape index (κ1) is 18.4. The van der Waals surface area contributed by atoms with Crippen LogP contribution in [0.1, 0.15) is 16.7 Å². The van der Waals surface area contributed by atoms with E-state index in [1.54, 1.807) is 0 Å². The van der Waals surface area contributed by atoms with E-state index in [0.29, 0.717) is 0 Å². The molecule has 3 aromatic rings. The van der Waals surface area contributed by atoms with Crippen molar-refractivity contribution in [3.05, 3.63) is 106 Å². The van der Waals surface area contributed by atoms with Crippen LogP contribution >= 0.6 is 15.9 Å². The molecule has 1 heterocycles. The van der Waals surface area contributed by atoms with E-state index in [1.165, 1.54) is 16.7 Å². The minimum Gasteiger partial charge on any atom is -0.313 e. The summed E-state index contributed by atoms with van der Waals surface area (Å²) in [6.45, 7) is 3.99. The highest BCUT2D eigenvalue weighted by Gasteiger charge is 2.40. The second-order valence-electron chi connectivity index (χ2n) is 7.28. The summed E-state index contributed by atoms with van der Waals surface area (Å²) in [7, 11) is 0. The molecule has 0 spiro atoms. The number of nitrogens with zero attached hydrogens (tertiary/aromatic N) is 1. The lowest BCUT2D eigenvalue weighted by molar-refractivity contribution is 0.0488. The molecule has 0 amide bonds. The van der Waals surface area contributed by atoms with Gasteiger partial charge in [-0.2, -0.15) is 0 Å². The third-order valence-corrected chi connectivity index (χ3v) is 6.05. The summed E-state index contributed by atoms with van der Waals surface area (Å²) in [5, 5.41) is 3.67. The number of piperazine rings is 1. The second-order valence-corrected chi connectivity index (χ2v) is 8.20. The van der Waals surface area contributed by atoms with E-state index >= 15 is 0 Å². The molecule has 1 saturated heterocycles. The first-order chi connectivity index (χ1) is 13.3. The lowest BCUT2D eigenvalue weighted by Gasteiger charge is -2.48. The van der Waals surface area contributed by atoms with Crippen LogP contribution in [-0.2, 0) is 18.5 Å². The minimum atomic E-state index is -0.0594. The number of benzene rings is 3.